The van der Waals surface area contributed by atoms with Gasteiger partial charge in [0.1, 0.15) is 0 Å². The van der Waals surface area contributed by atoms with Crippen LogP contribution in [0.1, 0.15) is 32.6 Å². The average molecular weight is 226 g/mol. The largest absolute Gasteiger partial charge is 0.383 e. The fourth-order valence-corrected chi connectivity index (χ4v) is 2.88. The molecule has 1 heterocycles. The van der Waals surface area contributed by atoms with Gasteiger partial charge < -0.3 is 10.1 Å². The number of piperidine rings is 1. The number of nitrogens with one attached hydrogen (secondary N) is 1. The van der Waals surface area contributed by atoms with Gasteiger partial charge >= 0.3 is 0 Å². The van der Waals surface area contributed by atoms with E-state index in [-0.39, 0.29) is 0 Å². The lowest BCUT2D eigenvalue weighted by Crippen LogP contribution is -2.51. The zero-order valence-electron chi connectivity index (χ0n) is 10.7. The van der Waals surface area contributed by atoms with Crippen molar-refractivity contribution in [2.45, 2.75) is 44.7 Å². The molecule has 2 unspecified atom stereocenters. The molecule has 94 valence electrons. The fourth-order valence-electron chi connectivity index (χ4n) is 2.88. The predicted octanol–water partition coefficient (Wildman–Crippen LogP) is 1.49. The summed E-state index contributed by atoms with van der Waals surface area (Å²) >= 11 is 0. The molecule has 2 atom stereocenters. The van der Waals surface area contributed by atoms with Crippen LogP contribution in [0.15, 0.2) is 0 Å². The van der Waals surface area contributed by atoms with Crippen LogP contribution in [0.25, 0.3) is 0 Å². The first-order valence-corrected chi connectivity index (χ1v) is 6.78. The summed E-state index contributed by atoms with van der Waals surface area (Å²) in [6.45, 7) is 6.74. The van der Waals surface area contributed by atoms with Gasteiger partial charge in [-0.1, -0.05) is 0 Å². The molecule has 1 saturated carbocycles. The highest BCUT2D eigenvalue weighted by Gasteiger charge is 2.35. The summed E-state index contributed by atoms with van der Waals surface area (Å²) in [5.74, 6) is 0.957. The summed E-state index contributed by atoms with van der Waals surface area (Å²) in [5.41, 5.74) is 0. The van der Waals surface area contributed by atoms with Crippen LogP contribution < -0.4 is 5.32 Å². The number of methoxy groups -OCH3 is 1. The van der Waals surface area contributed by atoms with Gasteiger partial charge in [0, 0.05) is 32.3 Å². The minimum Gasteiger partial charge on any atom is -0.383 e. The minimum atomic E-state index is 0.736. The lowest BCUT2D eigenvalue weighted by atomic mass is 10.0. The molecule has 2 rings (SSSR count). The van der Waals surface area contributed by atoms with E-state index in [1.165, 1.54) is 38.8 Å². The normalized spacial score (nSPS) is 28.3. The smallest absolute Gasteiger partial charge is 0.0589 e. The Morgan fingerprint density at radius 1 is 1.38 bits per heavy atom. The van der Waals surface area contributed by atoms with Gasteiger partial charge in [0.2, 0.25) is 0 Å². The van der Waals surface area contributed by atoms with E-state index in [0.717, 1.165) is 31.2 Å². The number of rotatable bonds is 6. The van der Waals surface area contributed by atoms with E-state index in [4.69, 9.17) is 4.74 Å². The fraction of sp³-hybridized carbons (Fsp3) is 1.00. The van der Waals surface area contributed by atoms with Crippen molar-refractivity contribution in [2.24, 2.45) is 5.92 Å². The standard InChI is InChI=1S/C13H26N2O/c1-11(12-5-6-12)15(8-9-16-2)13-4-3-7-14-10-13/h11-14H,3-10H2,1-2H3. The van der Waals surface area contributed by atoms with Crippen molar-refractivity contribution in [1.29, 1.82) is 0 Å². The molecule has 0 aromatic rings. The molecule has 1 N–H and O–H groups in total. The molecule has 0 radical (unpaired) electrons. The van der Waals surface area contributed by atoms with E-state index >= 15 is 0 Å². The number of hydrogen-bond acceptors (Lipinski definition) is 3. The Hall–Kier alpha value is -0.120. The van der Waals surface area contributed by atoms with E-state index < -0.39 is 0 Å². The second-order valence-corrected chi connectivity index (χ2v) is 5.31. The molecule has 2 fully saturated rings. The van der Waals surface area contributed by atoms with E-state index in [1.807, 2.05) is 0 Å². The summed E-state index contributed by atoms with van der Waals surface area (Å²) in [5, 5.41) is 3.52. The van der Waals surface area contributed by atoms with Crippen LogP contribution in [0.2, 0.25) is 0 Å². The zero-order valence-corrected chi connectivity index (χ0v) is 10.7. The molecule has 3 heteroatoms. The van der Waals surface area contributed by atoms with Gasteiger partial charge in [-0.05, 0) is 45.1 Å². The monoisotopic (exact) mass is 226 g/mol. The third-order valence-corrected chi connectivity index (χ3v) is 4.12. The number of ether oxygens (including phenoxy) is 1. The predicted molar refractivity (Wildman–Crippen MR) is 66.7 cm³/mol. The van der Waals surface area contributed by atoms with E-state index in [1.54, 1.807) is 7.11 Å². The van der Waals surface area contributed by atoms with Gasteiger partial charge in [0.15, 0.2) is 0 Å². The quantitative estimate of drug-likeness (QED) is 0.742. The van der Waals surface area contributed by atoms with Gasteiger partial charge in [-0.15, -0.1) is 0 Å². The molecule has 0 aromatic carbocycles. The number of nitrogens with zero attached hydrogens (tertiary/aromatic N) is 1. The minimum absolute atomic E-state index is 0.736. The molecule has 0 aromatic heterocycles. The zero-order chi connectivity index (χ0) is 11.4. The van der Waals surface area contributed by atoms with E-state index in [0.29, 0.717) is 0 Å². The molecule has 1 saturated heterocycles. The maximum atomic E-state index is 5.25. The highest BCUT2D eigenvalue weighted by atomic mass is 16.5. The molecule has 2 aliphatic rings. The van der Waals surface area contributed by atoms with Crippen LogP contribution >= 0.6 is 0 Å². The van der Waals surface area contributed by atoms with Gasteiger partial charge in [0.05, 0.1) is 6.61 Å². The van der Waals surface area contributed by atoms with Crippen LogP contribution in [0.5, 0.6) is 0 Å². The van der Waals surface area contributed by atoms with Crippen LogP contribution in [0.4, 0.5) is 0 Å². The molecule has 1 aliphatic carbocycles. The molecule has 1 aliphatic heterocycles. The van der Waals surface area contributed by atoms with Crippen molar-refractivity contribution in [3.05, 3.63) is 0 Å². The van der Waals surface area contributed by atoms with Gasteiger partial charge in [-0.2, -0.15) is 0 Å². The van der Waals surface area contributed by atoms with Crippen molar-refractivity contribution in [2.75, 3.05) is 33.4 Å². The molecule has 16 heavy (non-hydrogen) atoms. The van der Waals surface area contributed by atoms with Crippen molar-refractivity contribution in [3.8, 4) is 0 Å². The third kappa shape index (κ3) is 3.19. The van der Waals surface area contributed by atoms with Gasteiger partial charge in [-0.3, -0.25) is 4.90 Å². The Kier molecular flexibility index (Phi) is 4.62. The average Bonchev–Trinajstić information content (AvgIpc) is 3.14. The summed E-state index contributed by atoms with van der Waals surface area (Å²) in [6, 6.07) is 1.49. The van der Waals surface area contributed by atoms with Gasteiger partial charge in [-0.25, -0.2) is 0 Å². The second kappa shape index (κ2) is 5.99. The van der Waals surface area contributed by atoms with Crippen LogP contribution in [0.3, 0.4) is 0 Å². The summed E-state index contributed by atoms with van der Waals surface area (Å²) in [6.07, 6.45) is 5.55. The molecule has 3 nitrogen and oxygen atoms in total. The lowest BCUT2D eigenvalue weighted by Gasteiger charge is -2.39. The van der Waals surface area contributed by atoms with Gasteiger partial charge in [0.25, 0.3) is 0 Å². The van der Waals surface area contributed by atoms with Crippen LogP contribution in [-0.4, -0.2) is 50.3 Å². The Bertz CT molecular complexity index is 200. The highest BCUT2D eigenvalue weighted by Crippen LogP contribution is 2.36. The Balaban J connectivity index is 1.88. The van der Waals surface area contributed by atoms with E-state index in [2.05, 4.69) is 17.1 Å². The second-order valence-electron chi connectivity index (χ2n) is 5.31. The summed E-state index contributed by atoms with van der Waals surface area (Å²) < 4.78 is 5.25. The molecular weight excluding hydrogens is 200 g/mol. The van der Waals surface area contributed by atoms with Crippen molar-refractivity contribution in [1.82, 2.24) is 10.2 Å². The first-order chi connectivity index (χ1) is 7.83. The Morgan fingerprint density at radius 3 is 2.75 bits per heavy atom. The summed E-state index contributed by atoms with van der Waals surface area (Å²) in [7, 11) is 1.80. The van der Waals surface area contributed by atoms with Crippen molar-refractivity contribution in [3.63, 3.8) is 0 Å². The van der Waals surface area contributed by atoms with Crippen molar-refractivity contribution >= 4 is 0 Å². The molecule has 0 amide bonds. The maximum absolute atomic E-state index is 5.25. The molecule has 0 spiro atoms. The SMILES string of the molecule is COCCN(C1CCCNC1)C(C)C1CC1. The molecular formula is C13H26N2O. The molecule has 0 bridgehead atoms. The lowest BCUT2D eigenvalue weighted by molar-refractivity contribution is 0.0701. The highest BCUT2D eigenvalue weighted by molar-refractivity contribution is 4.90. The maximum Gasteiger partial charge on any atom is 0.0589 e. The van der Waals surface area contributed by atoms with Crippen molar-refractivity contribution < 1.29 is 4.74 Å². The third-order valence-electron chi connectivity index (χ3n) is 4.12. The van der Waals surface area contributed by atoms with Crippen LogP contribution in [0, 0.1) is 5.92 Å². The summed E-state index contributed by atoms with van der Waals surface area (Å²) in [4.78, 5) is 2.69. The Labute approximate surface area is 99.5 Å². The topological polar surface area (TPSA) is 24.5 Å². The van der Waals surface area contributed by atoms with Crippen LogP contribution in [-0.2, 0) is 4.74 Å². The first-order valence-electron chi connectivity index (χ1n) is 6.78. The Morgan fingerprint density at radius 2 is 2.19 bits per heavy atom. The van der Waals surface area contributed by atoms with E-state index in [9.17, 15) is 0 Å². The first kappa shape index (κ1) is 12.3. The number of hydrogen-bond donors (Lipinski definition) is 1.